The highest BCUT2D eigenvalue weighted by Crippen LogP contribution is 2.50. The molecule has 2 atom stereocenters. The highest BCUT2D eigenvalue weighted by molar-refractivity contribution is 6.03. The Balaban J connectivity index is -0.000000550. The highest BCUT2D eigenvalue weighted by atomic mass is 16.5. The maximum atomic E-state index is 11.7. The van der Waals surface area contributed by atoms with Crippen molar-refractivity contribution in [3.63, 3.8) is 0 Å². The van der Waals surface area contributed by atoms with Crippen LogP contribution in [0.3, 0.4) is 0 Å². The van der Waals surface area contributed by atoms with Crippen LogP contribution in [-0.2, 0) is 43.1 Å². The lowest BCUT2D eigenvalue weighted by Crippen LogP contribution is -2.58. The zero-order chi connectivity index (χ0) is 35.4. The molecule has 0 radical (unpaired) electrons. The number of ketones is 1. The fourth-order valence-corrected chi connectivity index (χ4v) is 5.85. The first-order valence-electron chi connectivity index (χ1n) is 15.6. The van der Waals surface area contributed by atoms with Gasteiger partial charge in [-0.2, -0.15) is 35.0 Å². The van der Waals surface area contributed by atoms with Crippen LogP contribution in [0.1, 0.15) is 124 Å². The van der Waals surface area contributed by atoms with Gasteiger partial charge in [-0.3, -0.25) is 24.5 Å². The molecule has 3 saturated carbocycles. The van der Waals surface area contributed by atoms with Crippen molar-refractivity contribution < 1.29 is 43.1 Å². The van der Waals surface area contributed by atoms with Gasteiger partial charge in [-0.25, -0.2) is 0 Å². The van der Waals surface area contributed by atoms with E-state index in [1.807, 2.05) is 12.1 Å². The van der Waals surface area contributed by atoms with Crippen molar-refractivity contribution in [2.75, 3.05) is 6.61 Å². The third-order valence-electron chi connectivity index (χ3n) is 8.11. The van der Waals surface area contributed by atoms with Crippen LogP contribution < -0.4 is 11.5 Å². The monoisotopic (exact) mass is 659 g/mol. The Labute approximate surface area is 277 Å². The minimum absolute atomic E-state index is 0. The minimum Gasteiger partial charge on any atom is -0.465 e. The fraction of sp³-hybridized carbons (Fsp3) is 0.727. The molecule has 4 N–H and O–H groups in total. The van der Waals surface area contributed by atoms with Crippen LogP contribution in [0.4, 0.5) is 0 Å². The Kier molecular flexibility index (Phi) is 27.7. The molecule has 1 aliphatic heterocycles. The summed E-state index contributed by atoms with van der Waals surface area (Å²) >= 11 is 0. The number of hydrogen-bond donors (Lipinski definition) is 2. The first-order chi connectivity index (χ1) is 21.9. The van der Waals surface area contributed by atoms with E-state index in [0.29, 0.717) is 30.6 Å². The van der Waals surface area contributed by atoms with E-state index in [0.717, 1.165) is 44.9 Å². The van der Waals surface area contributed by atoms with Gasteiger partial charge in [-0.15, -0.1) is 0 Å². The molecule has 0 aromatic rings. The number of carbonyl (C=O) groups is 4. The largest absolute Gasteiger partial charge is 0.465 e. The molecule has 1 heterocycles. The summed E-state index contributed by atoms with van der Waals surface area (Å²) in [5.74, 6) is -2.80. The number of nitrogens with one attached hydrogen (secondary N) is 1. The van der Waals surface area contributed by atoms with Crippen LogP contribution in [0.15, 0.2) is 0 Å². The number of esters is 1. The van der Waals surface area contributed by atoms with Gasteiger partial charge in [0.1, 0.15) is 24.0 Å². The van der Waals surface area contributed by atoms with Crippen LogP contribution in [0.2, 0.25) is 0 Å². The van der Waals surface area contributed by atoms with Crippen molar-refractivity contribution in [3.8, 4) is 18.2 Å². The summed E-state index contributed by atoms with van der Waals surface area (Å²) < 4.78 is 4.42. The van der Waals surface area contributed by atoms with Gasteiger partial charge in [0.25, 0.3) is 0 Å². The summed E-state index contributed by atoms with van der Waals surface area (Å²) in [5.41, 5.74) is -0.0700. The van der Waals surface area contributed by atoms with Gasteiger partial charge in [0.2, 0.25) is 11.8 Å². The molecule has 0 aromatic carbocycles. The van der Waals surface area contributed by atoms with E-state index in [1.54, 1.807) is 13.0 Å². The highest BCUT2D eigenvalue weighted by Gasteiger charge is 2.56. The SMILES string of the molecule is CC1(C)CCCCC1.CCOC(=O)CC#N.N.N#CC1C(=O)NC(=O)C(C#N)C12CCCCC2.O=C1CCCCC1.O=C=O.O=C=O. The molecule has 2 amide bonds. The molecule has 0 aromatic heterocycles. The number of rotatable bonds is 2. The lowest BCUT2D eigenvalue weighted by Gasteiger charge is -2.44. The van der Waals surface area contributed by atoms with E-state index in [9.17, 15) is 19.2 Å². The van der Waals surface area contributed by atoms with E-state index in [-0.39, 0.29) is 24.9 Å². The molecule has 260 valence electrons. The fourth-order valence-electron chi connectivity index (χ4n) is 5.85. The zero-order valence-corrected chi connectivity index (χ0v) is 27.9. The third-order valence-corrected chi connectivity index (χ3v) is 8.11. The maximum absolute atomic E-state index is 11.7. The topological polar surface area (TPSA) is 264 Å². The van der Waals surface area contributed by atoms with E-state index in [4.69, 9.17) is 35.0 Å². The van der Waals surface area contributed by atoms with Crippen molar-refractivity contribution in [1.29, 1.82) is 15.8 Å². The number of nitrogens with zero attached hydrogens (tertiary/aromatic N) is 3. The summed E-state index contributed by atoms with van der Waals surface area (Å²) in [4.78, 5) is 76.6. The smallest absolute Gasteiger partial charge is 0.373 e. The van der Waals surface area contributed by atoms with E-state index in [2.05, 4.69) is 23.9 Å². The number of imide groups is 1. The van der Waals surface area contributed by atoms with Crippen molar-refractivity contribution >= 4 is 35.9 Å². The minimum atomic E-state index is -0.870. The number of hydrogen-bond acceptors (Lipinski definition) is 13. The van der Waals surface area contributed by atoms with Crippen LogP contribution in [0.25, 0.3) is 0 Å². The summed E-state index contributed by atoms with van der Waals surface area (Å²) in [5, 5.41) is 28.3. The molecular weight excluding hydrogens is 610 g/mol. The lowest BCUT2D eigenvalue weighted by atomic mass is 9.57. The molecule has 14 heteroatoms. The zero-order valence-electron chi connectivity index (χ0n) is 27.9. The number of nitriles is 3. The number of piperidine rings is 1. The van der Waals surface area contributed by atoms with Gasteiger partial charge in [0.15, 0.2) is 0 Å². The first kappa shape index (κ1) is 46.9. The van der Waals surface area contributed by atoms with Gasteiger partial charge in [-0.1, -0.05) is 58.8 Å². The Bertz CT molecular complexity index is 1100. The molecule has 14 nitrogen and oxygen atoms in total. The lowest BCUT2D eigenvalue weighted by molar-refractivity contribution is -0.193. The summed E-state index contributed by atoms with van der Waals surface area (Å²) in [7, 11) is 0. The Morgan fingerprint density at radius 3 is 1.40 bits per heavy atom. The standard InChI is InChI=1S/C12H13N3O2.C8H16.C6H10O.C5H7NO2.2CO2.H3N/c13-6-8-10(16)15-11(17)9(7-14)12(8)4-2-1-3-5-12;1-8(2)6-4-3-5-7-8;7-6-4-2-1-3-5-6;1-2-8-5(7)3-4-6;2*2-1-3;/h8-9H,1-5H2,(H,15,16,17);3-7H2,1-2H3;1-5H2;2-3H2,1H3;;;1H3. The van der Waals surface area contributed by atoms with Gasteiger partial charge in [0, 0.05) is 18.3 Å². The normalized spacial score (nSPS) is 21.1. The molecule has 47 heavy (non-hydrogen) atoms. The van der Waals surface area contributed by atoms with E-state index < -0.39 is 35.0 Å². The van der Waals surface area contributed by atoms with Crippen LogP contribution >= 0.6 is 0 Å². The predicted molar refractivity (Wildman–Crippen MR) is 164 cm³/mol. The van der Waals surface area contributed by atoms with Crippen molar-refractivity contribution in [2.24, 2.45) is 22.7 Å². The number of amides is 2. The van der Waals surface area contributed by atoms with Crippen molar-refractivity contribution in [3.05, 3.63) is 0 Å². The predicted octanol–water partition coefficient (Wildman–Crippen LogP) is 4.83. The second-order valence-electron chi connectivity index (χ2n) is 11.9. The summed E-state index contributed by atoms with van der Waals surface area (Å²) in [6.07, 6.45) is 16.9. The summed E-state index contributed by atoms with van der Waals surface area (Å²) in [6.45, 7) is 6.81. The maximum Gasteiger partial charge on any atom is 0.373 e. The molecule has 4 aliphatic rings. The average molecular weight is 660 g/mol. The number of ether oxygens (including phenoxy) is 1. The van der Waals surface area contributed by atoms with Crippen LogP contribution in [-0.4, -0.2) is 42.5 Å². The van der Waals surface area contributed by atoms with Crippen molar-refractivity contribution in [2.45, 2.75) is 124 Å². The molecule has 4 fully saturated rings. The van der Waals surface area contributed by atoms with Gasteiger partial charge in [0.05, 0.1) is 24.8 Å². The van der Waals surface area contributed by atoms with Crippen molar-refractivity contribution in [1.82, 2.24) is 11.5 Å². The second kappa shape index (κ2) is 27.8. The van der Waals surface area contributed by atoms with Gasteiger partial charge in [-0.05, 0) is 50.9 Å². The second-order valence-corrected chi connectivity index (χ2v) is 11.9. The molecular formula is C33H49N5O9. The van der Waals surface area contributed by atoms with Gasteiger partial charge < -0.3 is 10.9 Å². The van der Waals surface area contributed by atoms with Crippen LogP contribution in [0.5, 0.6) is 0 Å². The van der Waals surface area contributed by atoms with E-state index >= 15 is 0 Å². The Morgan fingerprint density at radius 1 is 0.745 bits per heavy atom. The van der Waals surface area contributed by atoms with E-state index in [1.165, 1.54) is 38.5 Å². The number of Topliss-reactive ketones (excluding diaryl/α,β-unsaturated/α-hetero) is 1. The third kappa shape index (κ3) is 19.6. The first-order valence-corrected chi connectivity index (χ1v) is 15.6. The number of carbonyl (C=O) groups excluding carboxylic acids is 8. The quantitative estimate of drug-likeness (QED) is 0.297. The molecule has 2 unspecified atom stereocenters. The van der Waals surface area contributed by atoms with Crippen LogP contribution in [0, 0.1) is 56.7 Å². The molecule has 0 bridgehead atoms. The average Bonchev–Trinajstić information content (AvgIpc) is 3.00. The molecule has 3 aliphatic carbocycles. The summed E-state index contributed by atoms with van der Waals surface area (Å²) in [6, 6.07) is 5.65. The Morgan fingerprint density at radius 2 is 1.13 bits per heavy atom. The molecule has 4 rings (SSSR count). The molecule has 1 saturated heterocycles. The molecule has 1 spiro atoms. The Hall–Kier alpha value is -4.53. The van der Waals surface area contributed by atoms with Gasteiger partial charge >= 0.3 is 18.3 Å².